The van der Waals surface area contributed by atoms with Gasteiger partial charge in [0.05, 0.1) is 0 Å². The average Bonchev–Trinajstić information content (AvgIpc) is 2.55. The summed E-state index contributed by atoms with van der Waals surface area (Å²) < 4.78 is 0. The summed E-state index contributed by atoms with van der Waals surface area (Å²) in [5.74, 6) is 0. The molecule has 2 rings (SSSR count). The summed E-state index contributed by atoms with van der Waals surface area (Å²) in [6, 6.07) is 4.45. The van der Waals surface area contributed by atoms with E-state index in [-0.39, 0.29) is 0 Å². The van der Waals surface area contributed by atoms with Crippen molar-refractivity contribution >= 4 is 11.3 Å². The molecule has 2 N–H and O–H groups in total. The fraction of sp³-hybridized carbons (Fsp3) is 0.600. The number of hydrogen-bond acceptors (Lipinski definition) is 3. The van der Waals surface area contributed by atoms with E-state index in [1.807, 2.05) is 17.5 Å². The van der Waals surface area contributed by atoms with Gasteiger partial charge in [-0.15, -0.1) is 11.3 Å². The lowest BCUT2D eigenvalue weighted by atomic mass is 9.87. The molecule has 72 valence electrons. The van der Waals surface area contributed by atoms with Gasteiger partial charge < -0.3 is 10.4 Å². The summed E-state index contributed by atoms with van der Waals surface area (Å²) in [5, 5.41) is 15.7. The van der Waals surface area contributed by atoms with Crippen molar-refractivity contribution in [3.63, 3.8) is 0 Å². The molecule has 0 amide bonds. The minimum Gasteiger partial charge on any atom is -0.384 e. The smallest absolute Gasteiger partial charge is 0.101 e. The molecule has 0 bridgehead atoms. The van der Waals surface area contributed by atoms with E-state index in [1.54, 1.807) is 11.3 Å². The Bertz CT molecular complexity index is 272. The lowest BCUT2D eigenvalue weighted by molar-refractivity contribution is -0.00310. The Balaban J connectivity index is 2.20. The summed E-state index contributed by atoms with van der Waals surface area (Å²) >= 11 is 1.65. The molecule has 2 atom stereocenters. The first kappa shape index (κ1) is 9.19. The van der Waals surface area contributed by atoms with Crippen LogP contribution in [-0.2, 0) is 5.60 Å². The van der Waals surface area contributed by atoms with E-state index in [2.05, 4.69) is 12.2 Å². The highest BCUT2D eigenvalue weighted by molar-refractivity contribution is 7.10. The molecule has 1 fully saturated rings. The molecule has 1 aromatic heterocycles. The SMILES string of the molecule is CC1CC(O)(c2cccs2)CCN1. The van der Waals surface area contributed by atoms with Crippen LogP contribution < -0.4 is 5.32 Å². The Morgan fingerprint density at radius 1 is 1.69 bits per heavy atom. The maximum Gasteiger partial charge on any atom is 0.101 e. The number of piperidine rings is 1. The molecular formula is C10H15NOS. The fourth-order valence-corrected chi connectivity index (χ4v) is 2.84. The predicted molar refractivity (Wildman–Crippen MR) is 54.9 cm³/mol. The van der Waals surface area contributed by atoms with E-state index in [0.29, 0.717) is 6.04 Å². The number of aliphatic hydroxyl groups is 1. The van der Waals surface area contributed by atoms with E-state index in [1.165, 1.54) is 0 Å². The summed E-state index contributed by atoms with van der Waals surface area (Å²) in [7, 11) is 0. The van der Waals surface area contributed by atoms with E-state index < -0.39 is 5.60 Å². The Morgan fingerprint density at radius 3 is 3.15 bits per heavy atom. The topological polar surface area (TPSA) is 32.3 Å². The molecule has 1 aromatic rings. The number of hydrogen-bond donors (Lipinski definition) is 2. The standard InChI is InChI=1S/C10H15NOS/c1-8-7-10(12,4-5-11-8)9-3-2-6-13-9/h2-3,6,8,11-12H,4-5,7H2,1H3. The average molecular weight is 197 g/mol. The minimum absolute atomic E-state index is 0.417. The van der Waals surface area contributed by atoms with Gasteiger partial charge in [0.25, 0.3) is 0 Å². The first-order chi connectivity index (χ1) is 6.21. The van der Waals surface area contributed by atoms with Crippen LogP contribution in [-0.4, -0.2) is 17.7 Å². The van der Waals surface area contributed by atoms with Crippen LogP contribution in [0.3, 0.4) is 0 Å². The number of rotatable bonds is 1. The highest BCUT2D eigenvalue weighted by atomic mass is 32.1. The molecule has 0 radical (unpaired) electrons. The molecule has 2 unspecified atom stereocenters. The second-order valence-electron chi connectivity index (χ2n) is 3.82. The maximum atomic E-state index is 10.4. The lowest BCUT2D eigenvalue weighted by Gasteiger charge is -2.35. The Kier molecular flexibility index (Phi) is 2.41. The van der Waals surface area contributed by atoms with Crippen LogP contribution in [0.25, 0.3) is 0 Å². The first-order valence-corrected chi connectivity index (χ1v) is 5.58. The van der Waals surface area contributed by atoms with Crippen molar-refractivity contribution < 1.29 is 5.11 Å². The Hall–Kier alpha value is -0.380. The zero-order valence-electron chi connectivity index (χ0n) is 7.79. The summed E-state index contributed by atoms with van der Waals surface area (Å²) in [6.45, 7) is 3.04. The lowest BCUT2D eigenvalue weighted by Crippen LogP contribution is -2.44. The van der Waals surface area contributed by atoms with Gasteiger partial charge in [0.15, 0.2) is 0 Å². The molecular weight excluding hydrogens is 182 g/mol. The summed E-state index contributed by atoms with van der Waals surface area (Å²) in [6.07, 6.45) is 1.66. The molecule has 0 aliphatic carbocycles. The minimum atomic E-state index is -0.571. The number of thiophene rings is 1. The van der Waals surface area contributed by atoms with Crippen molar-refractivity contribution in [2.45, 2.75) is 31.4 Å². The van der Waals surface area contributed by atoms with Crippen LogP contribution >= 0.6 is 11.3 Å². The van der Waals surface area contributed by atoms with Crippen molar-refractivity contribution in [2.75, 3.05) is 6.54 Å². The molecule has 0 spiro atoms. The Morgan fingerprint density at radius 2 is 2.54 bits per heavy atom. The molecule has 1 aliphatic heterocycles. The third-order valence-corrected chi connectivity index (χ3v) is 3.72. The quantitative estimate of drug-likeness (QED) is 0.718. The summed E-state index contributed by atoms with van der Waals surface area (Å²) in [4.78, 5) is 1.11. The third-order valence-electron chi connectivity index (χ3n) is 2.66. The van der Waals surface area contributed by atoms with Crippen molar-refractivity contribution in [1.82, 2.24) is 5.32 Å². The maximum absolute atomic E-state index is 10.4. The largest absolute Gasteiger partial charge is 0.384 e. The van der Waals surface area contributed by atoms with Crippen molar-refractivity contribution in [3.8, 4) is 0 Å². The summed E-state index contributed by atoms with van der Waals surface area (Å²) in [5.41, 5.74) is -0.571. The fourth-order valence-electron chi connectivity index (χ4n) is 1.97. The molecule has 1 aliphatic rings. The van der Waals surface area contributed by atoms with Crippen molar-refractivity contribution in [2.24, 2.45) is 0 Å². The first-order valence-electron chi connectivity index (χ1n) is 4.70. The molecule has 1 saturated heterocycles. The predicted octanol–water partition coefficient (Wildman–Crippen LogP) is 1.71. The molecule has 2 heterocycles. The van der Waals surface area contributed by atoms with Crippen LogP contribution in [0, 0.1) is 0 Å². The van der Waals surface area contributed by atoms with Crippen molar-refractivity contribution in [3.05, 3.63) is 22.4 Å². The third kappa shape index (κ3) is 1.77. The van der Waals surface area contributed by atoms with Crippen LogP contribution in [0.1, 0.15) is 24.6 Å². The second kappa shape index (κ2) is 3.40. The van der Waals surface area contributed by atoms with Gasteiger partial charge in [0.1, 0.15) is 5.60 Å². The van der Waals surface area contributed by atoms with Crippen LogP contribution in [0.5, 0.6) is 0 Å². The number of nitrogens with one attached hydrogen (secondary N) is 1. The zero-order chi connectivity index (χ0) is 9.31. The normalized spacial score (nSPS) is 34.8. The van der Waals surface area contributed by atoms with Gasteiger partial charge in [-0.05, 0) is 37.8 Å². The molecule has 13 heavy (non-hydrogen) atoms. The monoisotopic (exact) mass is 197 g/mol. The van der Waals surface area contributed by atoms with E-state index in [0.717, 1.165) is 24.3 Å². The highest BCUT2D eigenvalue weighted by Crippen LogP contribution is 2.35. The van der Waals surface area contributed by atoms with Gasteiger partial charge in [0.2, 0.25) is 0 Å². The molecule has 0 saturated carbocycles. The second-order valence-corrected chi connectivity index (χ2v) is 4.77. The zero-order valence-corrected chi connectivity index (χ0v) is 8.60. The van der Waals surface area contributed by atoms with Gasteiger partial charge in [-0.1, -0.05) is 6.07 Å². The molecule has 0 aromatic carbocycles. The van der Waals surface area contributed by atoms with Crippen molar-refractivity contribution in [1.29, 1.82) is 0 Å². The van der Waals surface area contributed by atoms with Crippen LogP contribution in [0.15, 0.2) is 17.5 Å². The van der Waals surface area contributed by atoms with Crippen LogP contribution in [0.4, 0.5) is 0 Å². The van der Waals surface area contributed by atoms with Crippen LogP contribution in [0.2, 0.25) is 0 Å². The van der Waals surface area contributed by atoms with Gasteiger partial charge in [-0.2, -0.15) is 0 Å². The molecule has 2 nitrogen and oxygen atoms in total. The van der Waals surface area contributed by atoms with E-state index in [4.69, 9.17) is 0 Å². The highest BCUT2D eigenvalue weighted by Gasteiger charge is 2.34. The van der Waals surface area contributed by atoms with Gasteiger partial charge in [-0.3, -0.25) is 0 Å². The van der Waals surface area contributed by atoms with Gasteiger partial charge >= 0.3 is 0 Å². The van der Waals surface area contributed by atoms with E-state index >= 15 is 0 Å². The Labute approximate surface area is 82.6 Å². The van der Waals surface area contributed by atoms with Gasteiger partial charge in [-0.25, -0.2) is 0 Å². The molecule has 3 heteroatoms. The van der Waals surface area contributed by atoms with Gasteiger partial charge in [0, 0.05) is 10.9 Å². The van der Waals surface area contributed by atoms with E-state index in [9.17, 15) is 5.11 Å².